The molecular weight excluding hydrogens is 532 g/mol. The zero-order chi connectivity index (χ0) is 28.5. The van der Waals surface area contributed by atoms with Crippen molar-refractivity contribution in [1.82, 2.24) is 4.57 Å². The first kappa shape index (κ1) is 23.7. The first-order valence-corrected chi connectivity index (χ1v) is 14.1. The molecule has 0 spiro atoms. The van der Waals surface area contributed by atoms with E-state index in [2.05, 4.69) is 76.1 Å². The van der Waals surface area contributed by atoms with Gasteiger partial charge in [-0.2, -0.15) is 0 Å². The van der Waals surface area contributed by atoms with Crippen LogP contribution in [0.15, 0.2) is 126 Å². The summed E-state index contributed by atoms with van der Waals surface area (Å²) in [6.07, 6.45) is 0. The molecule has 0 radical (unpaired) electrons. The lowest BCUT2D eigenvalue weighted by Crippen LogP contribution is -2.03. The van der Waals surface area contributed by atoms with Gasteiger partial charge in [-0.15, -0.1) is 0 Å². The second-order valence-electron chi connectivity index (χ2n) is 10.7. The Hall–Kier alpha value is -5.99. The summed E-state index contributed by atoms with van der Waals surface area (Å²) in [5.74, 6) is 1.52. The third kappa shape index (κ3) is 3.51. The number of furan rings is 1. The number of fused-ring (bicyclic) bond motifs is 9. The molecule has 43 heavy (non-hydrogen) atoms. The van der Waals surface area contributed by atoms with Crippen molar-refractivity contribution in [3.8, 4) is 39.4 Å². The molecule has 0 saturated heterocycles. The summed E-state index contributed by atoms with van der Waals surface area (Å²) < 4.78 is 20.8. The van der Waals surface area contributed by atoms with Gasteiger partial charge < -0.3 is 18.5 Å². The maximum atomic E-state index is 7.51. The van der Waals surface area contributed by atoms with Crippen LogP contribution in [0.5, 0.6) is 11.5 Å². The van der Waals surface area contributed by atoms with Crippen LogP contribution in [0.3, 0.4) is 0 Å². The second-order valence-corrected chi connectivity index (χ2v) is 10.7. The van der Waals surface area contributed by atoms with Crippen molar-refractivity contribution >= 4 is 49.4 Å². The van der Waals surface area contributed by atoms with E-state index < -0.39 is 0 Å². The second kappa shape index (κ2) is 9.01. The van der Waals surface area contributed by atoms with Crippen molar-refractivity contribution in [2.45, 2.75) is 0 Å². The van der Waals surface area contributed by atoms with Gasteiger partial charge in [0.15, 0.2) is 5.69 Å². The first-order chi connectivity index (χ1) is 21.3. The number of ether oxygens (including phenoxy) is 2. The molecule has 1 aliphatic rings. The van der Waals surface area contributed by atoms with Crippen molar-refractivity contribution in [1.29, 1.82) is 0 Å². The average Bonchev–Trinajstić information content (AvgIpc) is 3.54. The summed E-state index contributed by atoms with van der Waals surface area (Å²) in [5.41, 5.74) is 9.47. The van der Waals surface area contributed by atoms with E-state index in [9.17, 15) is 0 Å². The van der Waals surface area contributed by atoms with Crippen LogP contribution in [0.1, 0.15) is 0 Å². The van der Waals surface area contributed by atoms with Gasteiger partial charge in [-0.3, -0.25) is 0 Å². The van der Waals surface area contributed by atoms with Gasteiger partial charge in [-0.05, 0) is 65.5 Å². The zero-order valence-electron chi connectivity index (χ0n) is 22.9. The topological polar surface area (TPSA) is 40.9 Å². The molecular formula is C38H22N2O3. The number of hydrogen-bond donors (Lipinski definition) is 0. The molecule has 0 amide bonds. The van der Waals surface area contributed by atoms with Crippen molar-refractivity contribution in [2.75, 3.05) is 6.79 Å². The Bertz CT molecular complexity index is 2460. The van der Waals surface area contributed by atoms with Crippen LogP contribution in [-0.2, 0) is 0 Å². The third-order valence-electron chi connectivity index (χ3n) is 8.42. The molecule has 0 saturated carbocycles. The lowest BCUT2D eigenvalue weighted by atomic mass is 9.97. The monoisotopic (exact) mass is 554 g/mol. The van der Waals surface area contributed by atoms with Gasteiger partial charge in [0.2, 0.25) is 6.79 Å². The van der Waals surface area contributed by atoms with Crippen LogP contribution in [0.4, 0.5) is 5.69 Å². The van der Waals surface area contributed by atoms with Gasteiger partial charge in [0.05, 0.1) is 17.6 Å². The fraction of sp³-hybridized carbons (Fsp3) is 0.0263. The Morgan fingerprint density at radius 3 is 2.33 bits per heavy atom. The summed E-state index contributed by atoms with van der Waals surface area (Å²) in [6, 6.07) is 41.2. The smallest absolute Gasteiger partial charge is 0.230 e. The average molecular weight is 555 g/mol. The number of hydrogen-bond acceptors (Lipinski definition) is 3. The van der Waals surface area contributed by atoms with Gasteiger partial charge in [-0.1, -0.05) is 66.7 Å². The van der Waals surface area contributed by atoms with Crippen LogP contribution in [0.25, 0.3) is 76.5 Å². The summed E-state index contributed by atoms with van der Waals surface area (Å²) >= 11 is 0. The van der Waals surface area contributed by atoms with E-state index in [1.807, 2.05) is 54.6 Å². The van der Waals surface area contributed by atoms with E-state index in [0.717, 1.165) is 83.2 Å². The Morgan fingerprint density at radius 1 is 0.581 bits per heavy atom. The molecule has 0 N–H and O–H groups in total. The van der Waals surface area contributed by atoms with Crippen molar-refractivity contribution < 1.29 is 13.9 Å². The number of para-hydroxylation sites is 3. The Labute approximate surface area is 246 Å². The highest BCUT2D eigenvalue weighted by Crippen LogP contribution is 2.44. The van der Waals surface area contributed by atoms with E-state index >= 15 is 0 Å². The van der Waals surface area contributed by atoms with E-state index in [0.29, 0.717) is 5.69 Å². The fourth-order valence-corrected chi connectivity index (χ4v) is 6.46. The van der Waals surface area contributed by atoms with Crippen LogP contribution < -0.4 is 9.47 Å². The maximum absolute atomic E-state index is 7.51. The van der Waals surface area contributed by atoms with Gasteiger partial charge >= 0.3 is 0 Å². The van der Waals surface area contributed by atoms with E-state index in [-0.39, 0.29) is 6.79 Å². The number of rotatable bonds is 2. The summed E-state index contributed by atoms with van der Waals surface area (Å²) in [6.45, 7) is 7.63. The highest BCUT2D eigenvalue weighted by atomic mass is 16.7. The van der Waals surface area contributed by atoms with Crippen molar-refractivity contribution in [3.05, 3.63) is 133 Å². The number of aromatic nitrogens is 1. The fourth-order valence-electron chi connectivity index (χ4n) is 6.46. The molecule has 5 nitrogen and oxygen atoms in total. The molecule has 8 aromatic rings. The molecule has 0 bridgehead atoms. The third-order valence-corrected chi connectivity index (χ3v) is 8.42. The molecule has 202 valence electrons. The highest BCUT2D eigenvalue weighted by Gasteiger charge is 2.21. The van der Waals surface area contributed by atoms with Gasteiger partial charge in [0.25, 0.3) is 0 Å². The Kier molecular flexibility index (Phi) is 4.96. The predicted molar refractivity (Wildman–Crippen MR) is 171 cm³/mol. The van der Waals surface area contributed by atoms with Crippen molar-refractivity contribution in [3.63, 3.8) is 0 Å². The van der Waals surface area contributed by atoms with Crippen molar-refractivity contribution in [2.24, 2.45) is 0 Å². The normalized spacial score (nSPS) is 12.4. The molecule has 0 atom stereocenters. The summed E-state index contributed by atoms with van der Waals surface area (Å²) in [7, 11) is 0. The number of benzene rings is 6. The molecule has 2 aromatic heterocycles. The van der Waals surface area contributed by atoms with Crippen LogP contribution in [0, 0.1) is 6.57 Å². The zero-order valence-corrected chi connectivity index (χ0v) is 22.9. The van der Waals surface area contributed by atoms with E-state index in [1.165, 1.54) is 0 Å². The van der Waals surface area contributed by atoms with Gasteiger partial charge in [-0.25, -0.2) is 4.85 Å². The number of nitrogens with zero attached hydrogens (tertiary/aromatic N) is 2. The molecule has 9 rings (SSSR count). The van der Waals surface area contributed by atoms with Crippen LogP contribution >= 0.6 is 0 Å². The minimum atomic E-state index is 0.117. The maximum Gasteiger partial charge on any atom is 0.230 e. The summed E-state index contributed by atoms with van der Waals surface area (Å²) in [4.78, 5) is 3.66. The molecule has 0 fully saturated rings. The van der Waals surface area contributed by atoms with Gasteiger partial charge in [0, 0.05) is 38.5 Å². The Balaban J connectivity index is 1.22. The highest BCUT2D eigenvalue weighted by molar-refractivity contribution is 6.11. The van der Waals surface area contributed by atoms with Gasteiger partial charge in [0.1, 0.15) is 22.7 Å². The predicted octanol–water partition coefficient (Wildman–Crippen LogP) is 10.3. The lowest BCUT2D eigenvalue weighted by molar-refractivity contribution is 0.125. The first-order valence-electron chi connectivity index (χ1n) is 14.1. The molecule has 5 heteroatoms. The van der Waals surface area contributed by atoms with E-state index in [4.69, 9.17) is 20.5 Å². The largest absolute Gasteiger partial charge is 0.457 e. The summed E-state index contributed by atoms with van der Waals surface area (Å²) in [5, 5.41) is 4.37. The van der Waals surface area contributed by atoms with Crippen LogP contribution in [0.2, 0.25) is 0 Å². The standard InChI is InChI=1S/C38H22N2O3/c1-39-24-14-17-34-31(20-24)27-7-2-4-11-33(27)40(34)25-15-18-35-32(21-25)29-16-13-23(19-37(29)42-22-41-35)26-9-6-10-30-28-8-3-5-12-36(28)43-38(26)30/h2-21H,22H2. The molecule has 1 aliphatic heterocycles. The Morgan fingerprint density at radius 2 is 1.40 bits per heavy atom. The quantitative estimate of drug-likeness (QED) is 0.200. The molecule has 3 heterocycles. The van der Waals surface area contributed by atoms with Crippen LogP contribution in [-0.4, -0.2) is 11.4 Å². The molecule has 0 aliphatic carbocycles. The molecule has 6 aromatic carbocycles. The minimum Gasteiger partial charge on any atom is -0.457 e. The lowest BCUT2D eigenvalue weighted by Gasteiger charge is -2.13. The SMILES string of the molecule is [C-]#[N+]c1ccc2c(c1)c1ccccc1n2-c1ccc2c(c1)-c1ccc(-c3cccc4c3oc3ccccc34)cc1OCO2. The molecule has 0 unspecified atom stereocenters. The van der Waals surface area contributed by atoms with E-state index in [1.54, 1.807) is 0 Å². The minimum absolute atomic E-state index is 0.117.